The minimum absolute atomic E-state index is 0. The Morgan fingerprint density at radius 3 is 2.57 bits per heavy atom. The second-order valence-corrected chi connectivity index (χ2v) is 7.51. The number of nitrogens with one attached hydrogen (secondary N) is 1. The number of halogens is 1. The molecule has 7 nitrogen and oxygen atoms in total. The van der Waals surface area contributed by atoms with E-state index in [-0.39, 0.29) is 24.0 Å². The summed E-state index contributed by atoms with van der Waals surface area (Å²) in [6.07, 6.45) is 5.82. The first kappa shape index (κ1) is 23.9. The SMILES string of the molecule is CCNC(=NCc1ccc(-n2cccn2)cc1)N(C)Cc1cn(C)nc1C(C)C.I. The van der Waals surface area contributed by atoms with Crippen LogP contribution in [-0.2, 0) is 20.1 Å². The molecular weight excluding hydrogens is 489 g/mol. The summed E-state index contributed by atoms with van der Waals surface area (Å²) in [5.41, 5.74) is 4.59. The Morgan fingerprint density at radius 2 is 1.97 bits per heavy atom. The standard InChI is InChI=1S/C22H31N7.HI/c1-6-23-22(27(4)15-19-16-28(5)26-21(19)17(2)3)24-14-18-8-10-20(11-9-18)29-13-7-12-25-29;/h7-13,16-17H,6,14-15H2,1-5H3,(H,23,24);1H. The molecule has 3 rings (SSSR count). The van der Waals surface area contributed by atoms with Crippen molar-refractivity contribution in [3.05, 3.63) is 65.7 Å². The Balaban J connectivity index is 0.00000320. The van der Waals surface area contributed by atoms with Gasteiger partial charge in [0, 0.05) is 51.3 Å². The molecule has 2 heterocycles. The van der Waals surface area contributed by atoms with Crippen molar-refractivity contribution in [2.45, 2.75) is 39.8 Å². The quantitative estimate of drug-likeness (QED) is 0.291. The first-order valence-corrected chi connectivity index (χ1v) is 10.1. The Bertz CT molecular complexity index is 927. The van der Waals surface area contributed by atoms with Gasteiger partial charge in [0.15, 0.2) is 5.96 Å². The lowest BCUT2D eigenvalue weighted by molar-refractivity contribution is 0.473. The Morgan fingerprint density at radius 1 is 1.23 bits per heavy atom. The Hall–Kier alpha value is -2.36. The van der Waals surface area contributed by atoms with Crippen molar-refractivity contribution in [3.63, 3.8) is 0 Å². The van der Waals surface area contributed by atoms with Crippen molar-refractivity contribution in [3.8, 4) is 5.69 Å². The smallest absolute Gasteiger partial charge is 0.194 e. The number of aromatic nitrogens is 4. The van der Waals surface area contributed by atoms with Gasteiger partial charge in [-0.15, -0.1) is 24.0 Å². The molecule has 0 spiro atoms. The van der Waals surface area contributed by atoms with E-state index in [4.69, 9.17) is 4.99 Å². The van der Waals surface area contributed by atoms with E-state index in [9.17, 15) is 0 Å². The normalized spacial score (nSPS) is 11.5. The van der Waals surface area contributed by atoms with E-state index >= 15 is 0 Å². The first-order chi connectivity index (χ1) is 14.0. The van der Waals surface area contributed by atoms with Crippen LogP contribution in [0, 0.1) is 0 Å². The molecule has 0 fully saturated rings. The number of hydrogen-bond acceptors (Lipinski definition) is 3. The zero-order chi connectivity index (χ0) is 20.8. The fraction of sp³-hybridized carbons (Fsp3) is 0.409. The van der Waals surface area contributed by atoms with Gasteiger partial charge in [-0.05, 0) is 36.6 Å². The summed E-state index contributed by atoms with van der Waals surface area (Å²) in [4.78, 5) is 6.99. The fourth-order valence-corrected chi connectivity index (χ4v) is 3.30. The predicted octanol–water partition coefficient (Wildman–Crippen LogP) is 3.94. The van der Waals surface area contributed by atoms with E-state index in [0.717, 1.165) is 36.0 Å². The van der Waals surface area contributed by atoms with E-state index in [1.807, 2.05) is 28.7 Å². The summed E-state index contributed by atoms with van der Waals surface area (Å²) in [6, 6.07) is 10.3. The van der Waals surface area contributed by atoms with Gasteiger partial charge in [-0.1, -0.05) is 26.0 Å². The third-order valence-corrected chi connectivity index (χ3v) is 4.70. The second kappa shape index (κ2) is 11.1. The Kier molecular flexibility index (Phi) is 8.88. The average molecular weight is 521 g/mol. The zero-order valence-corrected chi connectivity index (χ0v) is 20.7. The van der Waals surface area contributed by atoms with Crippen molar-refractivity contribution >= 4 is 29.9 Å². The molecule has 0 unspecified atom stereocenters. The lowest BCUT2D eigenvalue weighted by atomic mass is 10.1. The third-order valence-electron chi connectivity index (χ3n) is 4.70. The molecule has 0 amide bonds. The maximum atomic E-state index is 4.84. The van der Waals surface area contributed by atoms with Gasteiger partial charge in [0.25, 0.3) is 0 Å². The van der Waals surface area contributed by atoms with Crippen LogP contribution in [0.3, 0.4) is 0 Å². The van der Waals surface area contributed by atoms with Gasteiger partial charge in [-0.3, -0.25) is 4.68 Å². The van der Waals surface area contributed by atoms with Crippen LogP contribution in [0.4, 0.5) is 0 Å². The minimum atomic E-state index is 0. The largest absolute Gasteiger partial charge is 0.357 e. The number of hydrogen-bond donors (Lipinski definition) is 1. The summed E-state index contributed by atoms with van der Waals surface area (Å²) in [6.45, 7) is 8.66. The molecule has 8 heteroatoms. The maximum Gasteiger partial charge on any atom is 0.194 e. The molecular formula is C22H32IN7. The van der Waals surface area contributed by atoms with Crippen LogP contribution >= 0.6 is 24.0 Å². The van der Waals surface area contributed by atoms with Gasteiger partial charge in [0.05, 0.1) is 17.9 Å². The van der Waals surface area contributed by atoms with Gasteiger partial charge >= 0.3 is 0 Å². The highest BCUT2D eigenvalue weighted by Crippen LogP contribution is 2.18. The van der Waals surface area contributed by atoms with Gasteiger partial charge in [0.2, 0.25) is 0 Å². The van der Waals surface area contributed by atoms with Crippen LogP contribution in [0.25, 0.3) is 5.69 Å². The van der Waals surface area contributed by atoms with Gasteiger partial charge in [-0.25, -0.2) is 9.67 Å². The summed E-state index contributed by atoms with van der Waals surface area (Å²) in [5.74, 6) is 1.29. The highest BCUT2D eigenvalue weighted by Gasteiger charge is 2.15. The predicted molar refractivity (Wildman–Crippen MR) is 133 cm³/mol. The van der Waals surface area contributed by atoms with Crippen LogP contribution in [0.5, 0.6) is 0 Å². The summed E-state index contributed by atoms with van der Waals surface area (Å²) >= 11 is 0. The van der Waals surface area contributed by atoms with Gasteiger partial charge < -0.3 is 10.2 Å². The van der Waals surface area contributed by atoms with E-state index in [0.29, 0.717) is 12.5 Å². The molecule has 0 saturated heterocycles. The highest BCUT2D eigenvalue weighted by atomic mass is 127. The monoisotopic (exact) mass is 521 g/mol. The van der Waals surface area contributed by atoms with Crippen LogP contribution in [0.2, 0.25) is 0 Å². The number of aliphatic imine (C=N–C) groups is 1. The maximum absolute atomic E-state index is 4.84. The fourth-order valence-electron chi connectivity index (χ4n) is 3.30. The molecule has 0 aliphatic carbocycles. The molecule has 1 N–H and O–H groups in total. The van der Waals surface area contributed by atoms with Crippen LogP contribution < -0.4 is 5.32 Å². The van der Waals surface area contributed by atoms with Crippen molar-refractivity contribution < 1.29 is 0 Å². The van der Waals surface area contributed by atoms with Crippen molar-refractivity contribution in [2.24, 2.45) is 12.0 Å². The molecule has 0 radical (unpaired) electrons. The molecule has 162 valence electrons. The molecule has 0 aliphatic rings. The van der Waals surface area contributed by atoms with Crippen molar-refractivity contribution in [1.29, 1.82) is 0 Å². The molecule has 30 heavy (non-hydrogen) atoms. The number of guanidine groups is 1. The van der Waals surface area contributed by atoms with Gasteiger partial charge in [0.1, 0.15) is 0 Å². The van der Waals surface area contributed by atoms with Crippen molar-refractivity contribution in [1.82, 2.24) is 29.8 Å². The van der Waals surface area contributed by atoms with Crippen LogP contribution in [-0.4, -0.2) is 44.0 Å². The zero-order valence-electron chi connectivity index (χ0n) is 18.4. The molecule has 0 aliphatic heterocycles. The van der Waals surface area contributed by atoms with Crippen molar-refractivity contribution in [2.75, 3.05) is 13.6 Å². The minimum Gasteiger partial charge on any atom is -0.357 e. The molecule has 2 aromatic heterocycles. The third kappa shape index (κ3) is 6.07. The summed E-state index contributed by atoms with van der Waals surface area (Å²) in [7, 11) is 4.04. The van der Waals surface area contributed by atoms with E-state index in [1.165, 1.54) is 5.56 Å². The summed E-state index contributed by atoms with van der Waals surface area (Å²) < 4.78 is 3.74. The molecule has 0 saturated carbocycles. The topological polar surface area (TPSA) is 63.3 Å². The number of aryl methyl sites for hydroxylation is 1. The van der Waals surface area contributed by atoms with E-state index < -0.39 is 0 Å². The van der Waals surface area contributed by atoms with Crippen LogP contribution in [0.1, 0.15) is 43.5 Å². The van der Waals surface area contributed by atoms with E-state index in [2.05, 4.69) is 78.7 Å². The van der Waals surface area contributed by atoms with Gasteiger partial charge in [-0.2, -0.15) is 10.2 Å². The number of benzene rings is 1. The first-order valence-electron chi connectivity index (χ1n) is 10.1. The average Bonchev–Trinajstić information content (AvgIpc) is 3.35. The number of nitrogens with zero attached hydrogens (tertiary/aromatic N) is 6. The molecule has 0 bridgehead atoms. The lowest BCUT2D eigenvalue weighted by Crippen LogP contribution is -2.38. The molecule has 1 aromatic carbocycles. The van der Waals surface area contributed by atoms with Crippen LogP contribution in [0.15, 0.2) is 53.9 Å². The summed E-state index contributed by atoms with van der Waals surface area (Å²) in [5, 5.41) is 12.3. The van der Waals surface area contributed by atoms with E-state index in [1.54, 1.807) is 6.20 Å². The number of rotatable bonds is 7. The molecule has 0 atom stereocenters. The Labute approximate surface area is 196 Å². The lowest BCUT2D eigenvalue weighted by Gasteiger charge is -2.22. The second-order valence-electron chi connectivity index (χ2n) is 7.51. The molecule has 3 aromatic rings. The highest BCUT2D eigenvalue weighted by molar-refractivity contribution is 14.0.